The third kappa shape index (κ3) is 4.44. The lowest BCUT2D eigenvalue weighted by atomic mass is 10.2. The van der Waals surface area contributed by atoms with Crippen molar-refractivity contribution in [3.05, 3.63) is 47.8 Å². The first-order valence-electron chi connectivity index (χ1n) is 7.08. The Hall–Kier alpha value is -2.63. The van der Waals surface area contributed by atoms with Crippen LogP contribution in [0.15, 0.2) is 36.7 Å². The zero-order valence-electron chi connectivity index (χ0n) is 13.0. The maximum atomic E-state index is 12.0. The fraction of sp³-hybridized carbons (Fsp3) is 0.312. The summed E-state index contributed by atoms with van der Waals surface area (Å²) >= 11 is 0. The molecule has 2 rings (SSSR count). The highest BCUT2D eigenvalue weighted by atomic mass is 16.5. The van der Waals surface area contributed by atoms with E-state index in [-0.39, 0.29) is 11.9 Å². The molecule has 0 radical (unpaired) electrons. The molecule has 0 spiro atoms. The number of nitrogens with one attached hydrogen (secondary N) is 2. The van der Waals surface area contributed by atoms with Gasteiger partial charge in [-0.1, -0.05) is 12.1 Å². The highest BCUT2D eigenvalue weighted by Crippen LogP contribution is 2.11. The van der Waals surface area contributed by atoms with Gasteiger partial charge in [0.1, 0.15) is 5.75 Å². The van der Waals surface area contributed by atoms with Crippen LogP contribution in [0.5, 0.6) is 5.75 Å². The topological polar surface area (TPSA) is 76.1 Å². The first-order chi connectivity index (χ1) is 10.6. The molecular weight excluding hydrogens is 280 g/mol. The molecule has 2 N–H and O–H groups in total. The number of anilines is 1. The van der Waals surface area contributed by atoms with Crippen molar-refractivity contribution < 1.29 is 9.53 Å². The second kappa shape index (κ2) is 7.40. The van der Waals surface area contributed by atoms with Gasteiger partial charge in [0.05, 0.1) is 12.7 Å². The number of ether oxygens (including phenoxy) is 1. The Balaban J connectivity index is 1.91. The van der Waals surface area contributed by atoms with Crippen molar-refractivity contribution in [2.45, 2.75) is 26.4 Å². The molecule has 0 fully saturated rings. The van der Waals surface area contributed by atoms with Crippen molar-refractivity contribution in [1.29, 1.82) is 0 Å². The summed E-state index contributed by atoms with van der Waals surface area (Å²) in [5.74, 6) is 1.10. The van der Waals surface area contributed by atoms with E-state index in [0.717, 1.165) is 11.3 Å². The van der Waals surface area contributed by atoms with Gasteiger partial charge in [-0.3, -0.25) is 4.79 Å². The number of carbonyl (C=O) groups is 1. The van der Waals surface area contributed by atoms with Crippen LogP contribution in [-0.2, 0) is 6.54 Å². The fourth-order valence-electron chi connectivity index (χ4n) is 1.81. The average molecular weight is 300 g/mol. The molecule has 1 aromatic carbocycles. The molecule has 22 heavy (non-hydrogen) atoms. The minimum atomic E-state index is -0.202. The summed E-state index contributed by atoms with van der Waals surface area (Å²) in [5.41, 5.74) is 1.43. The van der Waals surface area contributed by atoms with Gasteiger partial charge in [0.15, 0.2) is 0 Å². The number of benzene rings is 1. The number of amides is 1. The van der Waals surface area contributed by atoms with Gasteiger partial charge in [0.25, 0.3) is 5.91 Å². The highest BCUT2D eigenvalue weighted by Gasteiger charge is 2.07. The molecule has 0 unspecified atom stereocenters. The number of carbonyl (C=O) groups excluding carboxylic acids is 1. The van der Waals surface area contributed by atoms with Crippen LogP contribution in [0.25, 0.3) is 0 Å². The van der Waals surface area contributed by atoms with Gasteiger partial charge in [0.2, 0.25) is 5.95 Å². The normalized spacial score (nSPS) is 10.4. The number of aromatic nitrogens is 2. The Bertz CT molecular complexity index is 609. The van der Waals surface area contributed by atoms with Crippen molar-refractivity contribution in [2.24, 2.45) is 0 Å². The molecule has 6 heteroatoms. The van der Waals surface area contributed by atoms with Gasteiger partial charge in [0, 0.05) is 25.0 Å². The Kier molecular flexibility index (Phi) is 5.30. The van der Waals surface area contributed by atoms with Crippen LogP contribution in [-0.4, -0.2) is 29.0 Å². The van der Waals surface area contributed by atoms with Gasteiger partial charge in [-0.15, -0.1) is 0 Å². The molecule has 1 heterocycles. The lowest BCUT2D eigenvalue weighted by Crippen LogP contribution is -2.23. The van der Waals surface area contributed by atoms with E-state index in [1.165, 1.54) is 12.4 Å². The van der Waals surface area contributed by atoms with Crippen molar-refractivity contribution >= 4 is 11.9 Å². The van der Waals surface area contributed by atoms with E-state index in [4.69, 9.17) is 4.74 Å². The summed E-state index contributed by atoms with van der Waals surface area (Å²) in [6, 6.07) is 7.78. The predicted molar refractivity (Wildman–Crippen MR) is 85.0 cm³/mol. The predicted octanol–water partition coefficient (Wildman–Crippen LogP) is 2.24. The number of hydrogen-bond donors (Lipinski definition) is 2. The van der Waals surface area contributed by atoms with Gasteiger partial charge in [-0.2, -0.15) is 0 Å². The number of nitrogens with zero attached hydrogens (tertiary/aromatic N) is 2. The number of methoxy groups -OCH3 is 1. The number of rotatable bonds is 6. The van der Waals surface area contributed by atoms with Gasteiger partial charge >= 0.3 is 0 Å². The van der Waals surface area contributed by atoms with E-state index >= 15 is 0 Å². The summed E-state index contributed by atoms with van der Waals surface area (Å²) in [5, 5.41) is 5.91. The van der Waals surface area contributed by atoms with Crippen molar-refractivity contribution in [1.82, 2.24) is 15.3 Å². The van der Waals surface area contributed by atoms with Crippen molar-refractivity contribution in [2.75, 3.05) is 12.4 Å². The first-order valence-corrected chi connectivity index (χ1v) is 7.08. The van der Waals surface area contributed by atoms with Crippen LogP contribution in [0.3, 0.4) is 0 Å². The average Bonchev–Trinajstić information content (AvgIpc) is 2.53. The van der Waals surface area contributed by atoms with E-state index < -0.39 is 0 Å². The molecule has 0 saturated heterocycles. The molecule has 0 saturated carbocycles. The summed E-state index contributed by atoms with van der Waals surface area (Å²) in [7, 11) is 1.62. The first kappa shape index (κ1) is 15.8. The molecule has 6 nitrogen and oxygen atoms in total. The van der Waals surface area contributed by atoms with Gasteiger partial charge in [-0.25, -0.2) is 9.97 Å². The van der Waals surface area contributed by atoms with Crippen molar-refractivity contribution in [3.8, 4) is 5.75 Å². The molecular formula is C16H20N4O2. The Morgan fingerprint density at radius 1 is 1.18 bits per heavy atom. The molecule has 1 aromatic heterocycles. The SMILES string of the molecule is COc1ccc(CNC(=O)c2cnc(NC(C)C)nc2)cc1. The third-order valence-corrected chi connectivity index (χ3v) is 2.94. The van der Waals surface area contributed by atoms with Crippen LogP contribution >= 0.6 is 0 Å². The van der Waals surface area contributed by atoms with E-state index in [1.54, 1.807) is 7.11 Å². The molecule has 0 aliphatic rings. The van der Waals surface area contributed by atoms with Crippen LogP contribution in [0.4, 0.5) is 5.95 Å². The molecule has 0 aliphatic heterocycles. The Morgan fingerprint density at radius 2 is 1.82 bits per heavy atom. The second-order valence-electron chi connectivity index (χ2n) is 5.13. The molecule has 0 atom stereocenters. The summed E-state index contributed by atoms with van der Waals surface area (Å²) in [6.45, 7) is 4.44. The minimum Gasteiger partial charge on any atom is -0.497 e. The largest absolute Gasteiger partial charge is 0.497 e. The second-order valence-corrected chi connectivity index (χ2v) is 5.13. The van der Waals surface area contributed by atoms with Crippen LogP contribution < -0.4 is 15.4 Å². The minimum absolute atomic E-state index is 0.202. The van der Waals surface area contributed by atoms with Crippen LogP contribution in [0, 0.1) is 0 Å². The van der Waals surface area contributed by atoms with E-state index in [9.17, 15) is 4.79 Å². The monoisotopic (exact) mass is 300 g/mol. The van der Waals surface area contributed by atoms with Crippen LogP contribution in [0.2, 0.25) is 0 Å². The molecule has 1 amide bonds. The zero-order chi connectivity index (χ0) is 15.9. The summed E-state index contributed by atoms with van der Waals surface area (Å²) in [4.78, 5) is 20.3. The van der Waals surface area contributed by atoms with E-state index in [1.807, 2.05) is 38.1 Å². The molecule has 116 valence electrons. The smallest absolute Gasteiger partial charge is 0.254 e. The third-order valence-electron chi connectivity index (χ3n) is 2.94. The fourth-order valence-corrected chi connectivity index (χ4v) is 1.81. The van der Waals surface area contributed by atoms with Crippen molar-refractivity contribution in [3.63, 3.8) is 0 Å². The Labute approximate surface area is 129 Å². The molecule has 2 aromatic rings. The number of hydrogen-bond acceptors (Lipinski definition) is 5. The molecule has 0 bridgehead atoms. The maximum absolute atomic E-state index is 12.0. The zero-order valence-corrected chi connectivity index (χ0v) is 13.0. The summed E-state index contributed by atoms with van der Waals surface area (Å²) < 4.78 is 5.09. The lowest BCUT2D eigenvalue weighted by molar-refractivity contribution is 0.0950. The van der Waals surface area contributed by atoms with E-state index in [0.29, 0.717) is 18.1 Å². The summed E-state index contributed by atoms with van der Waals surface area (Å²) in [6.07, 6.45) is 3.03. The maximum Gasteiger partial charge on any atom is 0.254 e. The Morgan fingerprint density at radius 3 is 2.36 bits per heavy atom. The highest BCUT2D eigenvalue weighted by molar-refractivity contribution is 5.93. The lowest BCUT2D eigenvalue weighted by Gasteiger charge is -2.09. The van der Waals surface area contributed by atoms with Gasteiger partial charge in [-0.05, 0) is 31.5 Å². The van der Waals surface area contributed by atoms with Gasteiger partial charge < -0.3 is 15.4 Å². The van der Waals surface area contributed by atoms with E-state index in [2.05, 4.69) is 20.6 Å². The van der Waals surface area contributed by atoms with Crippen LogP contribution in [0.1, 0.15) is 29.8 Å². The standard InChI is InChI=1S/C16H20N4O2/c1-11(2)20-16-18-9-13(10-19-16)15(21)17-8-12-4-6-14(22-3)7-5-12/h4-7,9-11H,8H2,1-3H3,(H,17,21)(H,18,19,20). The molecule has 0 aliphatic carbocycles. The quantitative estimate of drug-likeness (QED) is 0.855.